The molecular weight excluding hydrogens is 525 g/mol. The van der Waals surface area contributed by atoms with Gasteiger partial charge in [0.1, 0.15) is 18.4 Å². The number of para-hydroxylation sites is 1. The summed E-state index contributed by atoms with van der Waals surface area (Å²) in [5, 5.41) is 3.00. The van der Waals surface area contributed by atoms with Crippen molar-refractivity contribution in [2.45, 2.75) is 51.2 Å². The van der Waals surface area contributed by atoms with Crippen molar-refractivity contribution >= 4 is 43.5 Å². The number of benzene rings is 2. The van der Waals surface area contributed by atoms with Gasteiger partial charge >= 0.3 is 0 Å². The first-order chi connectivity index (χ1) is 16.1. The smallest absolute Gasteiger partial charge is 0.244 e. The molecule has 0 aliphatic heterocycles. The maximum absolute atomic E-state index is 14.4. The summed E-state index contributed by atoms with van der Waals surface area (Å²) in [6.07, 6.45) is 4.81. The number of hydrogen-bond donors (Lipinski definition) is 1. The minimum absolute atomic E-state index is 0.0746. The molecule has 184 valence electrons. The molecule has 2 amide bonds. The SMILES string of the molecule is C[C@@H](C(=O)NC1CCCC1)N(Cc1ccc(Br)cc1)C(=O)CN(c1ccccc1F)S(C)(=O)=O. The number of nitrogens with one attached hydrogen (secondary N) is 1. The zero-order valence-electron chi connectivity index (χ0n) is 19.2. The van der Waals surface area contributed by atoms with Gasteiger partial charge in [0.25, 0.3) is 0 Å². The average Bonchev–Trinajstić information content (AvgIpc) is 3.29. The lowest BCUT2D eigenvalue weighted by molar-refractivity contribution is -0.139. The molecule has 2 aromatic carbocycles. The Morgan fingerprint density at radius 1 is 1.12 bits per heavy atom. The second-order valence-electron chi connectivity index (χ2n) is 8.54. The van der Waals surface area contributed by atoms with E-state index in [-0.39, 0.29) is 24.2 Å². The Balaban J connectivity index is 1.88. The molecule has 1 fully saturated rings. The number of amides is 2. The van der Waals surface area contributed by atoms with Crippen LogP contribution in [0.4, 0.5) is 10.1 Å². The average molecular weight is 554 g/mol. The molecule has 1 aliphatic carbocycles. The van der Waals surface area contributed by atoms with E-state index in [1.54, 1.807) is 6.92 Å². The van der Waals surface area contributed by atoms with Crippen molar-refractivity contribution in [1.29, 1.82) is 0 Å². The summed E-state index contributed by atoms with van der Waals surface area (Å²) in [4.78, 5) is 27.8. The van der Waals surface area contributed by atoms with E-state index in [2.05, 4.69) is 21.2 Å². The number of anilines is 1. The quantitative estimate of drug-likeness (QED) is 0.511. The van der Waals surface area contributed by atoms with Gasteiger partial charge in [-0.15, -0.1) is 0 Å². The van der Waals surface area contributed by atoms with Crippen LogP contribution in [0, 0.1) is 5.82 Å². The predicted molar refractivity (Wildman–Crippen MR) is 133 cm³/mol. The molecule has 2 aromatic rings. The van der Waals surface area contributed by atoms with Gasteiger partial charge in [-0.1, -0.05) is 53.0 Å². The number of carbonyl (C=O) groups excluding carboxylic acids is 2. The Labute approximate surface area is 208 Å². The first-order valence-corrected chi connectivity index (χ1v) is 13.8. The number of halogens is 2. The third-order valence-corrected chi connectivity index (χ3v) is 7.59. The number of nitrogens with zero attached hydrogens (tertiary/aromatic N) is 2. The lowest BCUT2D eigenvalue weighted by Gasteiger charge is -2.32. The van der Waals surface area contributed by atoms with E-state index in [1.807, 2.05) is 24.3 Å². The molecule has 1 N–H and O–H groups in total. The topological polar surface area (TPSA) is 86.8 Å². The van der Waals surface area contributed by atoms with Crippen LogP contribution in [0.1, 0.15) is 38.2 Å². The van der Waals surface area contributed by atoms with Crippen molar-refractivity contribution in [1.82, 2.24) is 10.2 Å². The Hall–Kier alpha value is -2.46. The van der Waals surface area contributed by atoms with Crippen LogP contribution in [0.2, 0.25) is 0 Å². The fourth-order valence-corrected chi connectivity index (χ4v) is 5.12. The normalized spacial score (nSPS) is 15.1. The monoisotopic (exact) mass is 553 g/mol. The van der Waals surface area contributed by atoms with Crippen molar-refractivity contribution in [2.24, 2.45) is 0 Å². The minimum Gasteiger partial charge on any atom is -0.352 e. The summed E-state index contributed by atoms with van der Waals surface area (Å²) >= 11 is 3.38. The zero-order valence-corrected chi connectivity index (χ0v) is 21.6. The van der Waals surface area contributed by atoms with Crippen LogP contribution in [0.5, 0.6) is 0 Å². The van der Waals surface area contributed by atoms with Crippen LogP contribution in [0.25, 0.3) is 0 Å². The number of sulfonamides is 1. The van der Waals surface area contributed by atoms with Crippen molar-refractivity contribution in [2.75, 3.05) is 17.1 Å². The van der Waals surface area contributed by atoms with E-state index in [9.17, 15) is 22.4 Å². The van der Waals surface area contributed by atoms with Crippen LogP contribution in [0.15, 0.2) is 53.0 Å². The molecule has 34 heavy (non-hydrogen) atoms. The summed E-state index contributed by atoms with van der Waals surface area (Å²) < 4.78 is 41.0. The summed E-state index contributed by atoms with van der Waals surface area (Å²) in [6.45, 7) is 1.09. The van der Waals surface area contributed by atoms with E-state index in [4.69, 9.17) is 0 Å². The van der Waals surface area contributed by atoms with Gasteiger partial charge in [0.05, 0.1) is 11.9 Å². The van der Waals surface area contributed by atoms with Crippen molar-refractivity contribution in [3.63, 3.8) is 0 Å². The van der Waals surface area contributed by atoms with E-state index < -0.39 is 34.3 Å². The van der Waals surface area contributed by atoms with E-state index in [1.165, 1.54) is 23.1 Å². The van der Waals surface area contributed by atoms with E-state index in [0.717, 1.165) is 52.3 Å². The molecule has 0 spiro atoms. The lowest BCUT2D eigenvalue weighted by Crippen LogP contribution is -2.52. The second kappa shape index (κ2) is 11.3. The summed E-state index contributed by atoms with van der Waals surface area (Å²) in [5.41, 5.74) is 0.555. The molecule has 1 saturated carbocycles. The number of rotatable bonds is 9. The van der Waals surface area contributed by atoms with Gasteiger partial charge in [-0.2, -0.15) is 0 Å². The number of hydrogen-bond acceptors (Lipinski definition) is 4. The standard InChI is InChI=1S/C24H29BrFN3O4S/c1-17(24(31)27-20-7-3-4-8-20)28(15-18-11-13-19(25)14-12-18)23(30)16-29(34(2,32)33)22-10-6-5-9-21(22)26/h5-6,9-14,17,20H,3-4,7-8,15-16H2,1-2H3,(H,27,31)/t17-/m0/s1. The molecule has 7 nitrogen and oxygen atoms in total. The maximum Gasteiger partial charge on any atom is 0.244 e. The Morgan fingerprint density at radius 3 is 2.32 bits per heavy atom. The second-order valence-corrected chi connectivity index (χ2v) is 11.4. The highest BCUT2D eigenvalue weighted by molar-refractivity contribution is 9.10. The van der Waals surface area contributed by atoms with Crippen LogP contribution in [0.3, 0.4) is 0 Å². The zero-order chi connectivity index (χ0) is 24.9. The van der Waals surface area contributed by atoms with Gasteiger partial charge in [-0.3, -0.25) is 13.9 Å². The summed E-state index contributed by atoms with van der Waals surface area (Å²) in [5.74, 6) is -1.66. The first-order valence-electron chi connectivity index (χ1n) is 11.1. The third kappa shape index (κ3) is 6.79. The van der Waals surface area contributed by atoms with Crippen LogP contribution >= 0.6 is 15.9 Å². The van der Waals surface area contributed by atoms with Gasteiger partial charge in [-0.05, 0) is 49.6 Å². The van der Waals surface area contributed by atoms with Crippen LogP contribution in [-0.4, -0.2) is 50.0 Å². The molecule has 1 atom stereocenters. The molecule has 0 radical (unpaired) electrons. The van der Waals surface area contributed by atoms with Gasteiger partial charge in [0.2, 0.25) is 21.8 Å². The first kappa shape index (κ1) is 26.2. The van der Waals surface area contributed by atoms with E-state index in [0.29, 0.717) is 0 Å². The molecule has 0 unspecified atom stereocenters. The fraction of sp³-hybridized carbons (Fsp3) is 0.417. The largest absolute Gasteiger partial charge is 0.352 e. The highest BCUT2D eigenvalue weighted by Crippen LogP contribution is 2.23. The molecule has 3 rings (SSSR count). The molecule has 0 heterocycles. The van der Waals surface area contributed by atoms with Crippen LogP contribution in [-0.2, 0) is 26.2 Å². The van der Waals surface area contributed by atoms with Crippen molar-refractivity contribution < 1.29 is 22.4 Å². The van der Waals surface area contributed by atoms with Gasteiger partial charge in [-0.25, -0.2) is 12.8 Å². The predicted octanol–water partition coefficient (Wildman–Crippen LogP) is 3.83. The minimum atomic E-state index is -3.97. The molecular formula is C24H29BrFN3O4S. The number of carbonyl (C=O) groups is 2. The summed E-state index contributed by atoms with van der Waals surface area (Å²) in [6, 6.07) is 11.9. The molecule has 0 aromatic heterocycles. The molecule has 0 bridgehead atoms. The lowest BCUT2D eigenvalue weighted by atomic mass is 10.1. The Morgan fingerprint density at radius 2 is 1.74 bits per heavy atom. The van der Waals surface area contributed by atoms with Gasteiger partial charge < -0.3 is 10.2 Å². The van der Waals surface area contributed by atoms with Crippen LogP contribution < -0.4 is 9.62 Å². The highest BCUT2D eigenvalue weighted by Gasteiger charge is 2.32. The Kier molecular flexibility index (Phi) is 8.70. The maximum atomic E-state index is 14.4. The molecule has 0 saturated heterocycles. The van der Waals surface area contributed by atoms with E-state index >= 15 is 0 Å². The van der Waals surface area contributed by atoms with Crippen molar-refractivity contribution in [3.05, 3.63) is 64.4 Å². The summed E-state index contributed by atoms with van der Waals surface area (Å²) in [7, 11) is -3.97. The molecule has 1 aliphatic rings. The third-order valence-electron chi connectivity index (χ3n) is 5.94. The van der Waals surface area contributed by atoms with Gasteiger partial charge in [0.15, 0.2) is 0 Å². The fourth-order valence-electron chi connectivity index (χ4n) is 4.01. The van der Waals surface area contributed by atoms with Gasteiger partial charge in [0, 0.05) is 17.1 Å². The van der Waals surface area contributed by atoms with Crippen molar-refractivity contribution in [3.8, 4) is 0 Å². The highest BCUT2D eigenvalue weighted by atomic mass is 79.9. The molecule has 10 heteroatoms. The Bertz CT molecular complexity index is 1120.